The summed E-state index contributed by atoms with van der Waals surface area (Å²) in [7, 11) is 3.03. The zero-order valence-corrected chi connectivity index (χ0v) is 24.8. The Kier molecular flexibility index (Phi) is 12.9. The van der Waals surface area contributed by atoms with Crippen molar-refractivity contribution in [1.82, 2.24) is 10.2 Å². The molecule has 0 aromatic rings. The molecule has 0 spiro atoms. The molecule has 244 valence electrons. The Morgan fingerprint density at radius 1 is 0.929 bits per heavy atom. The SMILES string of the molecule is CC(=O)N[C@H]1[C@H](O[C@@H]2CCC[C@H](C)[C@H]2O[C@@H]2O[C@@H](C)[C@@H](O)[C@@H](O)[C@@H]2O)O[C@H](CO)[C@H](O)[C@@H]1OC(CCO)C(=O)N(C)C. The molecular weight excluding hydrogens is 560 g/mol. The van der Waals surface area contributed by atoms with E-state index in [1.54, 1.807) is 6.92 Å². The van der Waals surface area contributed by atoms with Gasteiger partial charge in [0.25, 0.3) is 5.91 Å². The molecule has 15 nitrogen and oxygen atoms in total. The molecule has 1 aliphatic carbocycles. The second-order valence-electron chi connectivity index (χ2n) is 11.6. The van der Waals surface area contributed by atoms with Gasteiger partial charge in [-0.25, -0.2) is 0 Å². The van der Waals surface area contributed by atoms with Gasteiger partial charge in [-0.05, 0) is 25.7 Å². The van der Waals surface area contributed by atoms with Gasteiger partial charge in [0, 0.05) is 34.0 Å². The van der Waals surface area contributed by atoms with Crippen molar-refractivity contribution in [2.75, 3.05) is 27.3 Å². The molecule has 2 heterocycles. The van der Waals surface area contributed by atoms with Gasteiger partial charge >= 0.3 is 0 Å². The standard InChI is InChI=1S/C27H48N2O13/c1-12-7-6-8-15(23(12)42-27-22(36)21(35)19(33)13(2)38-27)40-26-18(28-14(3)32)24(20(34)17(11-31)41-26)39-16(9-10-30)25(37)29(4)5/h12-13,15-24,26-27,30-31,33-36H,6-11H2,1-5H3,(H,28,32)/t12-,13-,15+,16?,17+,18+,19+,20-,21+,22-,23+,24+,26+,27-/m0/s1. The summed E-state index contributed by atoms with van der Waals surface area (Å²) in [5.74, 6) is -1.06. The zero-order chi connectivity index (χ0) is 31.3. The number of ether oxygens (including phenoxy) is 5. The van der Waals surface area contributed by atoms with Crippen LogP contribution in [0.2, 0.25) is 0 Å². The molecule has 42 heavy (non-hydrogen) atoms. The fourth-order valence-electron chi connectivity index (χ4n) is 5.73. The van der Waals surface area contributed by atoms with E-state index in [-0.39, 0.29) is 18.9 Å². The number of hydrogen-bond donors (Lipinski definition) is 7. The lowest BCUT2D eigenvalue weighted by Gasteiger charge is -2.48. The Hall–Kier alpha value is -1.50. The van der Waals surface area contributed by atoms with Crippen molar-refractivity contribution < 1.29 is 63.9 Å². The Morgan fingerprint density at radius 3 is 2.21 bits per heavy atom. The van der Waals surface area contributed by atoms with Crippen LogP contribution in [-0.4, -0.2) is 154 Å². The summed E-state index contributed by atoms with van der Waals surface area (Å²) >= 11 is 0. The zero-order valence-electron chi connectivity index (χ0n) is 24.8. The third kappa shape index (κ3) is 8.15. The van der Waals surface area contributed by atoms with Crippen LogP contribution >= 0.6 is 0 Å². The van der Waals surface area contributed by atoms with E-state index in [1.165, 1.54) is 25.9 Å². The first-order chi connectivity index (χ1) is 19.8. The van der Waals surface area contributed by atoms with Crippen molar-refractivity contribution in [2.45, 2.75) is 126 Å². The van der Waals surface area contributed by atoms with Gasteiger partial charge in [-0.2, -0.15) is 0 Å². The lowest BCUT2D eigenvalue weighted by atomic mass is 9.85. The highest BCUT2D eigenvalue weighted by atomic mass is 16.7. The molecule has 0 bridgehead atoms. The molecule has 3 rings (SSSR count). The van der Waals surface area contributed by atoms with Crippen LogP contribution in [0, 0.1) is 5.92 Å². The molecule has 3 fully saturated rings. The first-order valence-corrected chi connectivity index (χ1v) is 14.5. The number of nitrogens with zero attached hydrogens (tertiary/aromatic N) is 1. The highest BCUT2D eigenvalue weighted by molar-refractivity contribution is 5.80. The predicted octanol–water partition coefficient (Wildman–Crippen LogP) is -2.79. The molecule has 1 saturated carbocycles. The molecule has 3 aliphatic rings. The number of likely N-dealkylation sites (N-methyl/N-ethyl adjacent to an activating group) is 1. The second kappa shape index (κ2) is 15.5. The van der Waals surface area contributed by atoms with E-state index in [0.717, 1.165) is 12.8 Å². The highest BCUT2D eigenvalue weighted by Gasteiger charge is 2.51. The minimum absolute atomic E-state index is 0.0814. The maximum atomic E-state index is 12.8. The minimum Gasteiger partial charge on any atom is -0.396 e. The fraction of sp³-hybridized carbons (Fsp3) is 0.926. The van der Waals surface area contributed by atoms with Gasteiger partial charge in [0.15, 0.2) is 12.6 Å². The van der Waals surface area contributed by atoms with Gasteiger partial charge < -0.3 is 64.5 Å². The van der Waals surface area contributed by atoms with E-state index in [2.05, 4.69) is 5.32 Å². The first kappa shape index (κ1) is 35.0. The summed E-state index contributed by atoms with van der Waals surface area (Å²) < 4.78 is 30.1. The molecule has 0 aromatic carbocycles. The molecule has 15 heteroatoms. The van der Waals surface area contributed by atoms with Crippen LogP contribution in [0.4, 0.5) is 0 Å². The Labute approximate surface area is 245 Å². The average molecular weight is 609 g/mol. The van der Waals surface area contributed by atoms with Crippen LogP contribution in [0.15, 0.2) is 0 Å². The van der Waals surface area contributed by atoms with Crippen LogP contribution in [0.25, 0.3) is 0 Å². The highest BCUT2D eigenvalue weighted by Crippen LogP contribution is 2.35. The van der Waals surface area contributed by atoms with Crippen molar-refractivity contribution in [1.29, 1.82) is 0 Å². The van der Waals surface area contributed by atoms with E-state index < -0.39 is 98.1 Å². The third-order valence-corrected chi connectivity index (χ3v) is 8.14. The van der Waals surface area contributed by atoms with Crippen molar-refractivity contribution >= 4 is 11.8 Å². The van der Waals surface area contributed by atoms with Gasteiger partial charge in [-0.15, -0.1) is 0 Å². The number of aliphatic hydroxyl groups is 6. The monoisotopic (exact) mass is 608 g/mol. The van der Waals surface area contributed by atoms with Gasteiger partial charge in [-0.3, -0.25) is 9.59 Å². The van der Waals surface area contributed by atoms with Gasteiger partial charge in [0.1, 0.15) is 48.8 Å². The molecule has 1 unspecified atom stereocenters. The summed E-state index contributed by atoms with van der Waals surface area (Å²) in [6.07, 6.45) is -12.2. The molecule has 0 aromatic heterocycles. The lowest BCUT2D eigenvalue weighted by molar-refractivity contribution is -0.336. The number of carbonyl (C=O) groups is 2. The normalized spacial score (nSPS) is 41.6. The third-order valence-electron chi connectivity index (χ3n) is 8.14. The first-order valence-electron chi connectivity index (χ1n) is 14.5. The van der Waals surface area contributed by atoms with Crippen molar-refractivity contribution in [2.24, 2.45) is 5.92 Å². The molecule has 2 saturated heterocycles. The topological polar surface area (TPSA) is 217 Å². The van der Waals surface area contributed by atoms with E-state index in [9.17, 15) is 40.2 Å². The molecule has 0 radical (unpaired) electrons. The van der Waals surface area contributed by atoms with E-state index in [4.69, 9.17) is 23.7 Å². The van der Waals surface area contributed by atoms with Crippen LogP contribution in [-0.2, 0) is 33.3 Å². The Bertz CT molecular complexity index is 881. The van der Waals surface area contributed by atoms with E-state index in [1.807, 2.05) is 6.92 Å². The molecule has 2 amide bonds. The number of amides is 2. The van der Waals surface area contributed by atoms with Crippen LogP contribution in [0.1, 0.15) is 46.5 Å². The van der Waals surface area contributed by atoms with E-state index in [0.29, 0.717) is 6.42 Å². The lowest BCUT2D eigenvalue weighted by Crippen LogP contribution is -2.67. The van der Waals surface area contributed by atoms with E-state index >= 15 is 0 Å². The number of nitrogens with one attached hydrogen (secondary N) is 1. The Balaban J connectivity index is 1.88. The second-order valence-corrected chi connectivity index (χ2v) is 11.6. The van der Waals surface area contributed by atoms with Crippen LogP contribution < -0.4 is 5.32 Å². The van der Waals surface area contributed by atoms with Crippen LogP contribution in [0.3, 0.4) is 0 Å². The fourth-order valence-corrected chi connectivity index (χ4v) is 5.73. The summed E-state index contributed by atoms with van der Waals surface area (Å²) in [5, 5.41) is 64.2. The van der Waals surface area contributed by atoms with Crippen molar-refractivity contribution in [3.8, 4) is 0 Å². The molecular formula is C27H48N2O13. The van der Waals surface area contributed by atoms with Gasteiger partial charge in [0.2, 0.25) is 5.91 Å². The van der Waals surface area contributed by atoms with Gasteiger partial charge in [0.05, 0.1) is 24.9 Å². The van der Waals surface area contributed by atoms with Crippen LogP contribution in [0.5, 0.6) is 0 Å². The van der Waals surface area contributed by atoms with Gasteiger partial charge in [-0.1, -0.05) is 13.3 Å². The Morgan fingerprint density at radius 2 is 1.62 bits per heavy atom. The smallest absolute Gasteiger partial charge is 0.251 e. The summed E-state index contributed by atoms with van der Waals surface area (Å²) in [6, 6.07) is -1.14. The molecule has 7 N–H and O–H groups in total. The largest absolute Gasteiger partial charge is 0.396 e. The number of rotatable bonds is 11. The average Bonchev–Trinajstić information content (AvgIpc) is 2.94. The summed E-state index contributed by atoms with van der Waals surface area (Å²) in [5.41, 5.74) is 0. The number of aliphatic hydroxyl groups excluding tert-OH is 6. The predicted molar refractivity (Wildman–Crippen MR) is 144 cm³/mol. The van der Waals surface area contributed by atoms with Crippen molar-refractivity contribution in [3.63, 3.8) is 0 Å². The quantitative estimate of drug-likeness (QED) is 0.126. The minimum atomic E-state index is -1.52. The molecule has 2 aliphatic heterocycles. The maximum absolute atomic E-state index is 12.8. The number of hydrogen-bond acceptors (Lipinski definition) is 13. The maximum Gasteiger partial charge on any atom is 0.251 e. The summed E-state index contributed by atoms with van der Waals surface area (Å²) in [4.78, 5) is 26.3. The molecule has 14 atom stereocenters. The van der Waals surface area contributed by atoms with Crippen molar-refractivity contribution in [3.05, 3.63) is 0 Å². The number of carbonyl (C=O) groups excluding carboxylic acids is 2. The summed E-state index contributed by atoms with van der Waals surface area (Å²) in [6.45, 7) is 3.73.